The molecule has 2 aromatic rings. The van der Waals surface area contributed by atoms with Crippen molar-refractivity contribution >= 4 is 17.7 Å². The van der Waals surface area contributed by atoms with Gasteiger partial charge in [-0.1, -0.05) is 48.0 Å². The first kappa shape index (κ1) is 18.2. The fourth-order valence-electron chi connectivity index (χ4n) is 3.68. The molecule has 2 atom stereocenters. The topological polar surface area (TPSA) is 54.9 Å². The van der Waals surface area contributed by atoms with Crippen LogP contribution in [0.1, 0.15) is 11.1 Å². The number of halogens is 1. The van der Waals surface area contributed by atoms with Crippen molar-refractivity contribution in [3.05, 3.63) is 64.9 Å². The minimum absolute atomic E-state index is 0.0160. The van der Waals surface area contributed by atoms with Gasteiger partial charge in [0.25, 0.3) is 0 Å². The maximum atomic E-state index is 12.6. The van der Waals surface area contributed by atoms with Crippen LogP contribution in [0.2, 0.25) is 5.15 Å². The van der Waals surface area contributed by atoms with Gasteiger partial charge in [0.2, 0.25) is 0 Å². The Labute approximate surface area is 163 Å². The summed E-state index contributed by atoms with van der Waals surface area (Å²) in [4.78, 5) is 20.9. The summed E-state index contributed by atoms with van der Waals surface area (Å²) in [7, 11) is 0. The van der Waals surface area contributed by atoms with Gasteiger partial charge in [0.05, 0.1) is 18.8 Å². The van der Waals surface area contributed by atoms with E-state index in [2.05, 4.69) is 9.88 Å². The summed E-state index contributed by atoms with van der Waals surface area (Å²) in [6.07, 6.45) is 1.53. The molecule has 142 valence electrons. The number of pyridine rings is 1. The summed E-state index contributed by atoms with van der Waals surface area (Å²) < 4.78 is 11.4. The van der Waals surface area contributed by atoms with E-state index in [1.165, 1.54) is 0 Å². The maximum absolute atomic E-state index is 12.6. The van der Waals surface area contributed by atoms with E-state index in [4.69, 9.17) is 21.1 Å². The minimum atomic E-state index is -0.271. The van der Waals surface area contributed by atoms with Gasteiger partial charge in [0.1, 0.15) is 11.8 Å². The van der Waals surface area contributed by atoms with E-state index in [-0.39, 0.29) is 24.8 Å². The number of rotatable bonds is 4. The van der Waals surface area contributed by atoms with Gasteiger partial charge in [0.15, 0.2) is 0 Å². The fourth-order valence-corrected chi connectivity index (χ4v) is 3.79. The molecule has 1 aromatic carbocycles. The van der Waals surface area contributed by atoms with Crippen LogP contribution in [-0.4, -0.2) is 59.3 Å². The van der Waals surface area contributed by atoms with Gasteiger partial charge >= 0.3 is 6.09 Å². The molecule has 6 nitrogen and oxygen atoms in total. The zero-order valence-electron chi connectivity index (χ0n) is 15.0. The maximum Gasteiger partial charge on any atom is 0.410 e. The van der Waals surface area contributed by atoms with Crippen molar-refractivity contribution in [3.63, 3.8) is 0 Å². The molecule has 0 unspecified atom stereocenters. The van der Waals surface area contributed by atoms with Crippen LogP contribution in [0.5, 0.6) is 0 Å². The number of fused-ring (bicyclic) bond motifs is 1. The zero-order chi connectivity index (χ0) is 18.6. The monoisotopic (exact) mass is 387 g/mol. The number of morpholine rings is 1. The van der Waals surface area contributed by atoms with Gasteiger partial charge in [-0.2, -0.15) is 0 Å². The van der Waals surface area contributed by atoms with Gasteiger partial charge < -0.3 is 9.47 Å². The van der Waals surface area contributed by atoms with E-state index in [0.717, 1.165) is 30.8 Å². The van der Waals surface area contributed by atoms with E-state index in [1.54, 1.807) is 12.3 Å². The largest absolute Gasteiger partial charge is 0.445 e. The average Bonchev–Trinajstić information content (AvgIpc) is 3.11. The number of nitrogens with zero attached hydrogens (tertiary/aromatic N) is 3. The lowest BCUT2D eigenvalue weighted by Gasteiger charge is -2.36. The van der Waals surface area contributed by atoms with Crippen LogP contribution >= 0.6 is 11.6 Å². The SMILES string of the molecule is O=C(OCc1ccccc1)N1CCO[C@H]2CN(Cc3ccc(Cl)nc3)C[C@H]21. The van der Waals surface area contributed by atoms with E-state index >= 15 is 0 Å². The summed E-state index contributed by atoms with van der Waals surface area (Å²) in [5.74, 6) is 0. The number of hydrogen-bond donors (Lipinski definition) is 0. The third-order valence-electron chi connectivity index (χ3n) is 5.01. The number of benzene rings is 1. The number of amides is 1. The summed E-state index contributed by atoms with van der Waals surface area (Å²) in [6, 6.07) is 13.5. The highest BCUT2D eigenvalue weighted by molar-refractivity contribution is 6.29. The van der Waals surface area contributed by atoms with Crippen molar-refractivity contribution in [2.24, 2.45) is 0 Å². The van der Waals surface area contributed by atoms with Crippen LogP contribution in [0.3, 0.4) is 0 Å². The number of likely N-dealkylation sites (tertiary alicyclic amines) is 1. The van der Waals surface area contributed by atoms with Crippen molar-refractivity contribution in [1.82, 2.24) is 14.8 Å². The highest BCUT2D eigenvalue weighted by atomic mass is 35.5. The van der Waals surface area contributed by atoms with Crippen LogP contribution < -0.4 is 0 Å². The summed E-state index contributed by atoms with van der Waals surface area (Å²) in [5.41, 5.74) is 2.08. The van der Waals surface area contributed by atoms with Crippen molar-refractivity contribution < 1.29 is 14.3 Å². The quantitative estimate of drug-likeness (QED) is 0.755. The molecule has 27 heavy (non-hydrogen) atoms. The lowest BCUT2D eigenvalue weighted by Crippen LogP contribution is -2.53. The van der Waals surface area contributed by atoms with Gasteiger partial charge in [-0.15, -0.1) is 0 Å². The molecule has 0 saturated carbocycles. The van der Waals surface area contributed by atoms with E-state index in [0.29, 0.717) is 18.3 Å². The lowest BCUT2D eigenvalue weighted by atomic mass is 10.1. The summed E-state index contributed by atoms with van der Waals surface area (Å²) in [6.45, 7) is 3.69. The number of carbonyl (C=O) groups is 1. The smallest absolute Gasteiger partial charge is 0.410 e. The average molecular weight is 388 g/mol. The van der Waals surface area contributed by atoms with Crippen LogP contribution in [-0.2, 0) is 22.6 Å². The van der Waals surface area contributed by atoms with Crippen molar-refractivity contribution in [2.75, 3.05) is 26.2 Å². The second-order valence-electron chi connectivity index (χ2n) is 6.89. The molecule has 1 aromatic heterocycles. The molecule has 4 rings (SSSR count). The normalized spacial score (nSPS) is 22.5. The number of ether oxygens (including phenoxy) is 2. The van der Waals surface area contributed by atoms with Crippen LogP contribution in [0.4, 0.5) is 4.79 Å². The van der Waals surface area contributed by atoms with Gasteiger partial charge in [0, 0.05) is 32.4 Å². The van der Waals surface area contributed by atoms with Crippen LogP contribution in [0.15, 0.2) is 48.7 Å². The Hall–Kier alpha value is -2.15. The Morgan fingerprint density at radius 2 is 2.04 bits per heavy atom. The third-order valence-corrected chi connectivity index (χ3v) is 5.24. The Balaban J connectivity index is 1.36. The van der Waals surface area contributed by atoms with Crippen LogP contribution in [0, 0.1) is 0 Å². The zero-order valence-corrected chi connectivity index (χ0v) is 15.7. The van der Waals surface area contributed by atoms with Crippen LogP contribution in [0.25, 0.3) is 0 Å². The molecule has 0 N–H and O–H groups in total. The Morgan fingerprint density at radius 1 is 1.19 bits per heavy atom. The predicted molar refractivity (Wildman–Crippen MR) is 101 cm³/mol. The van der Waals surface area contributed by atoms with E-state index in [9.17, 15) is 4.79 Å². The summed E-state index contributed by atoms with van der Waals surface area (Å²) >= 11 is 5.85. The molecule has 2 aliphatic heterocycles. The molecule has 0 spiro atoms. The summed E-state index contributed by atoms with van der Waals surface area (Å²) in [5, 5.41) is 0.490. The van der Waals surface area contributed by atoms with Gasteiger partial charge in [-0.25, -0.2) is 9.78 Å². The number of aromatic nitrogens is 1. The molecule has 2 aliphatic rings. The highest BCUT2D eigenvalue weighted by Gasteiger charge is 2.42. The molecule has 0 bridgehead atoms. The molecule has 1 amide bonds. The Morgan fingerprint density at radius 3 is 2.81 bits per heavy atom. The first-order valence-corrected chi connectivity index (χ1v) is 9.48. The van der Waals surface area contributed by atoms with Gasteiger partial charge in [-0.05, 0) is 17.2 Å². The third kappa shape index (κ3) is 4.40. The van der Waals surface area contributed by atoms with Crippen molar-refractivity contribution in [1.29, 1.82) is 0 Å². The molecule has 0 aliphatic carbocycles. The minimum Gasteiger partial charge on any atom is -0.445 e. The van der Waals surface area contributed by atoms with Gasteiger partial charge in [-0.3, -0.25) is 9.80 Å². The molecule has 7 heteroatoms. The van der Waals surface area contributed by atoms with E-state index < -0.39 is 0 Å². The van der Waals surface area contributed by atoms with Crippen molar-refractivity contribution in [3.8, 4) is 0 Å². The lowest BCUT2D eigenvalue weighted by molar-refractivity contribution is -0.0446. The molecular formula is C20H22ClN3O3. The highest BCUT2D eigenvalue weighted by Crippen LogP contribution is 2.25. The molecule has 0 radical (unpaired) electrons. The second kappa shape index (κ2) is 8.25. The second-order valence-corrected chi connectivity index (χ2v) is 7.28. The number of carbonyl (C=O) groups excluding carboxylic acids is 1. The van der Waals surface area contributed by atoms with Crippen molar-refractivity contribution in [2.45, 2.75) is 25.3 Å². The molecular weight excluding hydrogens is 366 g/mol. The Bertz CT molecular complexity index is 772. The first-order valence-electron chi connectivity index (χ1n) is 9.11. The molecule has 2 saturated heterocycles. The Kier molecular flexibility index (Phi) is 5.57. The first-order chi connectivity index (χ1) is 13.2. The standard InChI is InChI=1S/C20H22ClN3O3/c21-19-7-6-16(10-22-19)11-23-12-17-18(13-23)26-9-8-24(17)20(25)27-14-15-4-2-1-3-5-15/h1-7,10,17-18H,8-9,11-14H2/t17-,18+/m1/s1. The van der Waals surface area contributed by atoms with E-state index in [1.807, 2.05) is 41.3 Å². The fraction of sp³-hybridized carbons (Fsp3) is 0.400. The predicted octanol–water partition coefficient (Wildman–Crippen LogP) is 2.96. The molecule has 2 fully saturated rings. The molecule has 3 heterocycles. The number of hydrogen-bond acceptors (Lipinski definition) is 5.